The fraction of sp³-hybridized carbons (Fsp3) is 0.333. The molecule has 0 heterocycles. The third-order valence-electron chi connectivity index (χ3n) is 2.27. The highest BCUT2D eigenvalue weighted by Gasteiger charge is 2.30. The molecule has 110 valence electrons. The Labute approximate surface area is 130 Å². The average Bonchev–Trinajstić information content (AvgIpc) is 2.38. The molecule has 0 fully saturated rings. The molecule has 0 spiro atoms. The second-order valence-electron chi connectivity index (χ2n) is 3.89. The van der Waals surface area contributed by atoms with E-state index >= 15 is 0 Å². The zero-order chi connectivity index (χ0) is 15.2. The van der Waals surface area contributed by atoms with Crippen molar-refractivity contribution in [2.24, 2.45) is 0 Å². The number of carboxylic acid groups (broad SMARTS) is 1. The first-order valence-corrected chi connectivity index (χ1v) is 6.83. The van der Waals surface area contributed by atoms with Crippen LogP contribution < -0.4 is 5.32 Å². The number of halogens is 3. The van der Waals surface area contributed by atoms with Crippen molar-refractivity contribution in [1.29, 1.82) is 0 Å². The van der Waals surface area contributed by atoms with E-state index in [4.69, 9.17) is 39.9 Å². The van der Waals surface area contributed by atoms with Crippen LogP contribution in [0.2, 0.25) is 0 Å². The number of ether oxygens (including phenoxy) is 1. The molecule has 0 aliphatic carbocycles. The van der Waals surface area contributed by atoms with Gasteiger partial charge in [-0.05, 0) is 5.56 Å². The Bertz CT molecular complexity index is 467. The van der Waals surface area contributed by atoms with Crippen LogP contribution in [0.15, 0.2) is 30.3 Å². The molecule has 1 aromatic carbocycles. The summed E-state index contributed by atoms with van der Waals surface area (Å²) in [6.07, 6.45) is -0.956. The quantitative estimate of drug-likeness (QED) is 0.781. The molecule has 0 unspecified atom stereocenters. The molecular formula is C12H12Cl3NO4. The van der Waals surface area contributed by atoms with Gasteiger partial charge in [0.2, 0.25) is 0 Å². The van der Waals surface area contributed by atoms with Gasteiger partial charge in [-0.15, -0.1) is 11.6 Å². The van der Waals surface area contributed by atoms with Crippen molar-refractivity contribution in [3.63, 3.8) is 0 Å². The predicted octanol–water partition coefficient (Wildman–Crippen LogP) is 2.78. The minimum Gasteiger partial charge on any atom is -0.480 e. The van der Waals surface area contributed by atoms with E-state index in [2.05, 4.69) is 10.1 Å². The van der Waals surface area contributed by atoms with Crippen molar-refractivity contribution in [2.45, 2.75) is 17.0 Å². The number of carboxylic acids is 1. The third kappa shape index (κ3) is 5.86. The molecule has 20 heavy (non-hydrogen) atoms. The number of rotatable bonds is 6. The van der Waals surface area contributed by atoms with E-state index in [1.54, 1.807) is 30.3 Å². The highest BCUT2D eigenvalue weighted by atomic mass is 35.5. The van der Waals surface area contributed by atoms with Crippen molar-refractivity contribution >= 4 is 46.9 Å². The van der Waals surface area contributed by atoms with E-state index in [1.807, 2.05) is 0 Å². The topological polar surface area (TPSA) is 75.6 Å². The van der Waals surface area contributed by atoms with Gasteiger partial charge in [0, 0.05) is 6.42 Å². The lowest BCUT2D eigenvalue weighted by Crippen LogP contribution is -2.44. The first-order chi connectivity index (χ1) is 9.34. The van der Waals surface area contributed by atoms with E-state index in [1.165, 1.54) is 0 Å². The van der Waals surface area contributed by atoms with E-state index in [9.17, 15) is 9.59 Å². The van der Waals surface area contributed by atoms with Gasteiger partial charge in [-0.2, -0.15) is 0 Å². The van der Waals surface area contributed by atoms with Gasteiger partial charge >= 0.3 is 12.1 Å². The molecule has 1 amide bonds. The number of alkyl carbamates (subject to hydrolysis) is 1. The second kappa shape index (κ2) is 7.57. The van der Waals surface area contributed by atoms with Crippen molar-refractivity contribution in [1.82, 2.24) is 5.32 Å². The summed E-state index contributed by atoms with van der Waals surface area (Å²) in [5, 5.41) is 11.2. The SMILES string of the molecule is O=C(N[C@@H](Cc1ccccc1)C(=O)O)OC(Cl)(Cl)CCl. The van der Waals surface area contributed by atoms with Crippen molar-refractivity contribution in [2.75, 3.05) is 5.88 Å². The number of benzene rings is 1. The number of hydrogen-bond acceptors (Lipinski definition) is 3. The number of nitrogens with one attached hydrogen (secondary N) is 1. The molecule has 8 heteroatoms. The molecule has 1 aromatic rings. The molecule has 5 nitrogen and oxygen atoms in total. The van der Waals surface area contributed by atoms with Gasteiger partial charge in [-0.25, -0.2) is 9.59 Å². The molecule has 1 atom stereocenters. The highest BCUT2D eigenvalue weighted by molar-refractivity contribution is 6.50. The lowest BCUT2D eigenvalue weighted by molar-refractivity contribution is -0.139. The fourth-order valence-corrected chi connectivity index (χ4v) is 1.58. The number of carbonyl (C=O) groups is 2. The summed E-state index contributed by atoms with van der Waals surface area (Å²) in [4.78, 5) is 22.6. The smallest absolute Gasteiger partial charge is 0.410 e. The van der Waals surface area contributed by atoms with Crippen LogP contribution in [0.3, 0.4) is 0 Å². The first kappa shape index (κ1) is 16.9. The summed E-state index contributed by atoms with van der Waals surface area (Å²) in [6.45, 7) is 0. The van der Waals surface area contributed by atoms with Crippen LogP contribution in [0.5, 0.6) is 0 Å². The minimum absolute atomic E-state index is 0.101. The van der Waals surface area contributed by atoms with Gasteiger partial charge in [0.15, 0.2) is 0 Å². The summed E-state index contributed by atoms with van der Waals surface area (Å²) in [5.41, 5.74) is 0.751. The molecule has 0 aromatic heterocycles. The normalized spacial score (nSPS) is 12.6. The molecule has 0 saturated carbocycles. The van der Waals surface area contributed by atoms with Crippen molar-refractivity contribution in [3.8, 4) is 0 Å². The Balaban J connectivity index is 2.64. The number of hydrogen-bond donors (Lipinski definition) is 2. The first-order valence-electron chi connectivity index (χ1n) is 5.54. The summed E-state index contributed by atoms with van der Waals surface area (Å²) in [6, 6.07) is 7.66. The lowest BCUT2D eigenvalue weighted by Gasteiger charge is -2.20. The maximum Gasteiger partial charge on any atom is 0.410 e. The fourth-order valence-electron chi connectivity index (χ4n) is 1.38. The number of alkyl halides is 3. The zero-order valence-corrected chi connectivity index (χ0v) is 12.5. The Morgan fingerprint density at radius 1 is 1.30 bits per heavy atom. The van der Waals surface area contributed by atoms with Crippen LogP contribution in [0.4, 0.5) is 4.79 Å². The second-order valence-corrected chi connectivity index (χ2v) is 5.57. The molecule has 0 radical (unpaired) electrons. The van der Waals surface area contributed by atoms with Gasteiger partial charge in [0.05, 0.1) is 5.88 Å². The van der Waals surface area contributed by atoms with E-state index in [0.717, 1.165) is 5.56 Å². The lowest BCUT2D eigenvalue weighted by atomic mass is 10.1. The van der Waals surface area contributed by atoms with Gasteiger partial charge in [-0.3, -0.25) is 0 Å². The maximum absolute atomic E-state index is 11.5. The number of aliphatic carboxylic acids is 1. The van der Waals surface area contributed by atoms with E-state index < -0.39 is 22.6 Å². The van der Waals surface area contributed by atoms with Gasteiger partial charge in [0.1, 0.15) is 6.04 Å². The van der Waals surface area contributed by atoms with E-state index in [-0.39, 0.29) is 12.3 Å². The third-order valence-corrected chi connectivity index (χ3v) is 3.34. The van der Waals surface area contributed by atoms with Crippen molar-refractivity contribution in [3.05, 3.63) is 35.9 Å². The van der Waals surface area contributed by atoms with Crippen LogP contribution in [0.25, 0.3) is 0 Å². The van der Waals surface area contributed by atoms with E-state index in [0.29, 0.717) is 0 Å². The van der Waals surface area contributed by atoms with Crippen molar-refractivity contribution < 1.29 is 19.4 Å². The molecule has 2 N–H and O–H groups in total. The molecule has 0 aliphatic heterocycles. The van der Waals surface area contributed by atoms with Crippen LogP contribution in [-0.4, -0.2) is 33.6 Å². The van der Waals surface area contributed by atoms with Gasteiger partial charge in [0.25, 0.3) is 4.52 Å². The summed E-state index contributed by atoms with van der Waals surface area (Å²) in [5.74, 6) is -1.55. The predicted molar refractivity (Wildman–Crippen MR) is 76.3 cm³/mol. The Morgan fingerprint density at radius 2 is 1.90 bits per heavy atom. The maximum atomic E-state index is 11.5. The molecular weight excluding hydrogens is 328 g/mol. The van der Waals surface area contributed by atoms with Crippen LogP contribution >= 0.6 is 34.8 Å². The molecule has 0 bridgehead atoms. The Morgan fingerprint density at radius 3 is 2.40 bits per heavy atom. The Hall–Kier alpha value is -1.17. The van der Waals surface area contributed by atoms with Gasteiger partial charge < -0.3 is 15.2 Å². The molecule has 0 saturated heterocycles. The molecule has 0 aliphatic rings. The standard InChI is InChI=1S/C12H12Cl3NO4/c13-7-12(14,15)20-11(19)16-9(10(17)18)6-8-4-2-1-3-5-8/h1-5,9H,6-7H2,(H,16,19)(H,17,18)/t9-/m0/s1. The average molecular weight is 341 g/mol. The zero-order valence-electron chi connectivity index (χ0n) is 10.2. The summed E-state index contributed by atoms with van der Waals surface area (Å²) < 4.78 is 2.69. The Kier molecular flexibility index (Phi) is 6.39. The molecule has 1 rings (SSSR count). The largest absolute Gasteiger partial charge is 0.480 e. The number of amides is 1. The van der Waals surface area contributed by atoms with Crippen LogP contribution in [0, 0.1) is 0 Å². The van der Waals surface area contributed by atoms with Crippen LogP contribution in [-0.2, 0) is 16.0 Å². The minimum atomic E-state index is -1.90. The van der Waals surface area contributed by atoms with Crippen LogP contribution in [0.1, 0.15) is 5.56 Å². The summed E-state index contributed by atoms with van der Waals surface area (Å²) in [7, 11) is 0. The van der Waals surface area contributed by atoms with Gasteiger partial charge in [-0.1, -0.05) is 53.5 Å². The number of carbonyl (C=O) groups excluding carboxylic acids is 1. The monoisotopic (exact) mass is 339 g/mol. The highest BCUT2D eigenvalue weighted by Crippen LogP contribution is 2.24. The summed E-state index contributed by atoms with van der Waals surface area (Å²) >= 11 is 16.5.